The number of nitrogens with one attached hydrogen (secondary N) is 1. The van der Waals surface area contributed by atoms with Gasteiger partial charge < -0.3 is 15.0 Å². The zero-order valence-electron chi connectivity index (χ0n) is 18.2. The molecule has 1 aromatic carbocycles. The molecule has 29 heavy (non-hydrogen) atoms. The number of guanidine groups is 1. The lowest BCUT2D eigenvalue weighted by Crippen LogP contribution is -2.47. The lowest BCUT2D eigenvalue weighted by Gasteiger charge is -2.32. The maximum absolute atomic E-state index is 5.51. The van der Waals surface area contributed by atoms with Gasteiger partial charge in [-0.1, -0.05) is 30.3 Å². The van der Waals surface area contributed by atoms with Gasteiger partial charge in [0.05, 0.1) is 19.8 Å². The van der Waals surface area contributed by atoms with Crippen LogP contribution in [0.4, 0.5) is 0 Å². The molecule has 7 heteroatoms. The summed E-state index contributed by atoms with van der Waals surface area (Å²) < 4.78 is 5.51. The molecule has 0 bridgehead atoms. The smallest absolute Gasteiger partial charge is 0.194 e. The molecule has 2 saturated heterocycles. The lowest BCUT2D eigenvalue weighted by molar-refractivity contribution is 0.0195. The van der Waals surface area contributed by atoms with Crippen LogP contribution in [-0.4, -0.2) is 92.3 Å². The Morgan fingerprint density at radius 1 is 1.24 bits per heavy atom. The highest BCUT2D eigenvalue weighted by Crippen LogP contribution is 2.17. The highest BCUT2D eigenvalue weighted by Gasteiger charge is 2.30. The van der Waals surface area contributed by atoms with Crippen LogP contribution in [0.25, 0.3) is 0 Å². The highest BCUT2D eigenvalue weighted by molar-refractivity contribution is 14.0. The van der Waals surface area contributed by atoms with Gasteiger partial charge in [0.1, 0.15) is 0 Å². The number of likely N-dealkylation sites (tertiary alicyclic amines) is 1. The summed E-state index contributed by atoms with van der Waals surface area (Å²) in [5.41, 5.74) is 1.35. The van der Waals surface area contributed by atoms with E-state index in [-0.39, 0.29) is 24.0 Å². The van der Waals surface area contributed by atoms with Crippen LogP contribution in [0.1, 0.15) is 25.8 Å². The lowest BCUT2D eigenvalue weighted by atomic mass is 10.2. The van der Waals surface area contributed by atoms with E-state index >= 15 is 0 Å². The van der Waals surface area contributed by atoms with Crippen molar-refractivity contribution >= 4 is 29.9 Å². The first-order valence-corrected chi connectivity index (χ1v) is 10.8. The largest absolute Gasteiger partial charge is 0.379 e. The Morgan fingerprint density at radius 3 is 2.66 bits per heavy atom. The Balaban J connectivity index is 0.00000300. The van der Waals surface area contributed by atoms with Crippen LogP contribution in [0, 0.1) is 0 Å². The van der Waals surface area contributed by atoms with E-state index in [1.807, 2.05) is 0 Å². The molecule has 2 heterocycles. The Morgan fingerprint density at radius 2 is 1.97 bits per heavy atom. The molecule has 3 rings (SSSR count). The summed E-state index contributed by atoms with van der Waals surface area (Å²) in [5.74, 6) is 1.07. The van der Waals surface area contributed by atoms with E-state index in [9.17, 15) is 0 Å². The number of benzene rings is 1. The number of hydrogen-bond donors (Lipinski definition) is 1. The maximum atomic E-state index is 5.51. The van der Waals surface area contributed by atoms with Crippen molar-refractivity contribution in [3.8, 4) is 0 Å². The van der Waals surface area contributed by atoms with Crippen molar-refractivity contribution in [2.24, 2.45) is 4.99 Å². The summed E-state index contributed by atoms with van der Waals surface area (Å²) in [6.07, 6.45) is 1.22. The molecule has 0 aromatic heterocycles. The number of aliphatic imine (C=N–C) groups is 1. The molecule has 2 aliphatic heterocycles. The fourth-order valence-corrected chi connectivity index (χ4v) is 3.99. The summed E-state index contributed by atoms with van der Waals surface area (Å²) in [6.45, 7) is 13.1. The van der Waals surface area contributed by atoms with Gasteiger partial charge in [0, 0.05) is 51.4 Å². The average molecular weight is 515 g/mol. The molecule has 2 atom stereocenters. The van der Waals surface area contributed by atoms with Gasteiger partial charge in [0.2, 0.25) is 0 Å². The predicted molar refractivity (Wildman–Crippen MR) is 131 cm³/mol. The van der Waals surface area contributed by atoms with Crippen LogP contribution in [0.15, 0.2) is 35.3 Å². The molecule has 0 aliphatic carbocycles. The Labute approximate surface area is 193 Å². The second kappa shape index (κ2) is 12.7. The maximum Gasteiger partial charge on any atom is 0.194 e. The molecule has 0 amide bonds. The first-order valence-electron chi connectivity index (χ1n) is 10.8. The van der Waals surface area contributed by atoms with Crippen molar-refractivity contribution in [2.45, 2.75) is 38.9 Å². The first-order chi connectivity index (χ1) is 13.7. The quantitative estimate of drug-likeness (QED) is 0.344. The van der Waals surface area contributed by atoms with Gasteiger partial charge in [-0.2, -0.15) is 0 Å². The normalized spacial score (nSPS) is 21.9. The molecule has 1 aromatic rings. The zero-order chi connectivity index (χ0) is 19.8. The van der Waals surface area contributed by atoms with Crippen LogP contribution in [0.2, 0.25) is 0 Å². The van der Waals surface area contributed by atoms with E-state index in [0.29, 0.717) is 12.1 Å². The summed E-state index contributed by atoms with van der Waals surface area (Å²) in [6, 6.07) is 11.7. The van der Waals surface area contributed by atoms with Crippen molar-refractivity contribution in [1.82, 2.24) is 20.0 Å². The molecule has 2 aliphatic rings. The van der Waals surface area contributed by atoms with Gasteiger partial charge in [-0.15, -0.1) is 24.0 Å². The number of morpholine rings is 1. The molecule has 6 nitrogen and oxygen atoms in total. The number of hydrogen-bond acceptors (Lipinski definition) is 4. The van der Waals surface area contributed by atoms with Crippen molar-refractivity contribution < 1.29 is 4.74 Å². The molecular weight excluding hydrogens is 477 g/mol. The minimum absolute atomic E-state index is 0. The minimum Gasteiger partial charge on any atom is -0.379 e. The van der Waals surface area contributed by atoms with Crippen LogP contribution in [0.3, 0.4) is 0 Å². The van der Waals surface area contributed by atoms with Crippen LogP contribution < -0.4 is 5.32 Å². The van der Waals surface area contributed by atoms with Crippen LogP contribution >= 0.6 is 24.0 Å². The summed E-state index contributed by atoms with van der Waals surface area (Å²) >= 11 is 0. The van der Waals surface area contributed by atoms with Gasteiger partial charge in [-0.05, 0) is 32.9 Å². The second-order valence-corrected chi connectivity index (χ2v) is 7.98. The average Bonchev–Trinajstić information content (AvgIpc) is 3.22. The third kappa shape index (κ3) is 7.38. The van der Waals surface area contributed by atoms with E-state index in [1.54, 1.807) is 0 Å². The van der Waals surface area contributed by atoms with Crippen LogP contribution in [0.5, 0.6) is 0 Å². The van der Waals surface area contributed by atoms with Gasteiger partial charge in [-0.25, -0.2) is 0 Å². The zero-order valence-corrected chi connectivity index (χ0v) is 20.5. The predicted octanol–water partition coefficient (Wildman–Crippen LogP) is 2.50. The highest BCUT2D eigenvalue weighted by atomic mass is 127. The Kier molecular flexibility index (Phi) is 10.7. The fraction of sp³-hybridized carbons (Fsp3) is 0.682. The SMILES string of the molecule is CCNC(=NCC(C)N(C)Cc1ccccc1)N1CCC(N2CCOCC2)C1.I. The monoisotopic (exact) mass is 515 g/mol. The molecule has 2 fully saturated rings. The Bertz CT molecular complexity index is 608. The van der Waals surface area contributed by atoms with Crippen molar-refractivity contribution in [2.75, 3.05) is 59.5 Å². The number of rotatable bonds is 7. The minimum atomic E-state index is 0. The molecule has 0 radical (unpaired) electrons. The van der Waals surface area contributed by atoms with Crippen molar-refractivity contribution in [3.05, 3.63) is 35.9 Å². The van der Waals surface area contributed by atoms with E-state index < -0.39 is 0 Å². The van der Waals surface area contributed by atoms with E-state index in [0.717, 1.165) is 65.0 Å². The molecule has 0 saturated carbocycles. The molecular formula is C22H38IN5O. The number of nitrogens with zero attached hydrogens (tertiary/aromatic N) is 4. The topological polar surface area (TPSA) is 43.3 Å². The third-order valence-corrected chi connectivity index (χ3v) is 5.89. The number of ether oxygens (including phenoxy) is 1. The molecule has 1 N–H and O–H groups in total. The number of halogens is 1. The molecule has 0 spiro atoms. The summed E-state index contributed by atoms with van der Waals surface area (Å²) in [7, 11) is 2.18. The second-order valence-electron chi connectivity index (χ2n) is 7.98. The fourth-order valence-electron chi connectivity index (χ4n) is 3.99. The third-order valence-electron chi connectivity index (χ3n) is 5.89. The molecule has 2 unspecified atom stereocenters. The van der Waals surface area contributed by atoms with E-state index in [4.69, 9.17) is 9.73 Å². The standard InChI is InChI=1S/C22H37N5O.HI/c1-4-23-22(27-11-10-21(18-27)26-12-14-28-15-13-26)24-16-19(2)25(3)17-20-8-6-5-7-9-20;/h5-9,19,21H,4,10-18H2,1-3H3,(H,23,24);1H. The van der Waals surface area contributed by atoms with Gasteiger partial charge in [0.25, 0.3) is 0 Å². The first kappa shape index (κ1) is 24.4. The Hall–Kier alpha value is -0.900. The van der Waals surface area contributed by atoms with E-state index in [1.165, 1.54) is 12.0 Å². The molecule has 164 valence electrons. The summed E-state index contributed by atoms with van der Waals surface area (Å²) in [5, 5.41) is 3.51. The van der Waals surface area contributed by atoms with Gasteiger partial charge in [0.15, 0.2) is 5.96 Å². The van der Waals surface area contributed by atoms with Crippen LogP contribution in [-0.2, 0) is 11.3 Å². The van der Waals surface area contributed by atoms with Gasteiger partial charge >= 0.3 is 0 Å². The van der Waals surface area contributed by atoms with Crippen molar-refractivity contribution in [3.63, 3.8) is 0 Å². The number of likely N-dealkylation sites (N-methyl/N-ethyl adjacent to an activating group) is 1. The van der Waals surface area contributed by atoms with E-state index in [2.05, 4.69) is 71.2 Å². The van der Waals surface area contributed by atoms with Gasteiger partial charge in [-0.3, -0.25) is 14.8 Å². The summed E-state index contributed by atoms with van der Waals surface area (Å²) in [4.78, 5) is 12.4. The van der Waals surface area contributed by atoms with Crippen molar-refractivity contribution in [1.29, 1.82) is 0 Å².